The van der Waals surface area contributed by atoms with Gasteiger partial charge in [-0.1, -0.05) is 6.92 Å². The number of pyridine rings is 1. The van der Waals surface area contributed by atoms with Crippen molar-refractivity contribution in [2.24, 2.45) is 0 Å². The molecule has 1 aromatic rings. The third-order valence-electron chi connectivity index (χ3n) is 3.44. The summed E-state index contributed by atoms with van der Waals surface area (Å²) in [4.78, 5) is 29.5. The van der Waals surface area contributed by atoms with Crippen molar-refractivity contribution in [1.82, 2.24) is 15.2 Å². The molecule has 1 N–H and O–H groups in total. The van der Waals surface area contributed by atoms with Gasteiger partial charge in [-0.3, -0.25) is 9.59 Å². The van der Waals surface area contributed by atoms with Gasteiger partial charge in [0.2, 0.25) is 5.91 Å². The van der Waals surface area contributed by atoms with Crippen molar-refractivity contribution in [2.45, 2.75) is 32.2 Å². The van der Waals surface area contributed by atoms with E-state index in [9.17, 15) is 9.59 Å². The zero-order valence-electron chi connectivity index (χ0n) is 11.4. The normalized spacial score (nSPS) is 16.0. The van der Waals surface area contributed by atoms with E-state index < -0.39 is 0 Å². The molecule has 2 amide bonds. The van der Waals surface area contributed by atoms with Crippen LogP contribution in [-0.4, -0.2) is 40.8 Å². The van der Waals surface area contributed by atoms with Crippen LogP contribution in [0.1, 0.15) is 36.5 Å². The third-order valence-corrected chi connectivity index (χ3v) is 3.91. The third kappa shape index (κ3) is 3.79. The lowest BCUT2D eigenvalue weighted by molar-refractivity contribution is -0.121. The zero-order valence-corrected chi connectivity index (χ0v) is 13.0. The first-order valence-electron chi connectivity index (χ1n) is 6.80. The Morgan fingerprint density at radius 1 is 1.40 bits per heavy atom. The number of nitrogens with zero attached hydrogens (tertiary/aromatic N) is 2. The van der Waals surface area contributed by atoms with Crippen molar-refractivity contribution in [3.63, 3.8) is 0 Å². The van der Waals surface area contributed by atoms with E-state index in [0.717, 1.165) is 17.4 Å². The molecule has 1 saturated heterocycles. The second-order valence-electron chi connectivity index (χ2n) is 4.86. The Kier molecular flexibility index (Phi) is 5.11. The minimum atomic E-state index is 0.00488. The SMILES string of the molecule is CCC(=O)NC1CCN(C(=O)c2ccc(Br)nc2)CC1. The number of aromatic nitrogens is 1. The summed E-state index contributed by atoms with van der Waals surface area (Å²) in [7, 11) is 0. The maximum absolute atomic E-state index is 12.3. The molecule has 1 aliphatic heterocycles. The van der Waals surface area contributed by atoms with E-state index in [1.807, 2.05) is 11.8 Å². The number of halogens is 1. The van der Waals surface area contributed by atoms with Crippen LogP contribution in [0.2, 0.25) is 0 Å². The van der Waals surface area contributed by atoms with Crippen LogP contribution in [0.25, 0.3) is 0 Å². The van der Waals surface area contributed by atoms with Gasteiger partial charge in [0.1, 0.15) is 4.60 Å². The fourth-order valence-electron chi connectivity index (χ4n) is 2.24. The Hall–Kier alpha value is -1.43. The molecule has 0 spiro atoms. The van der Waals surface area contributed by atoms with Crippen LogP contribution in [0.4, 0.5) is 0 Å². The minimum Gasteiger partial charge on any atom is -0.353 e. The van der Waals surface area contributed by atoms with E-state index in [1.165, 1.54) is 0 Å². The zero-order chi connectivity index (χ0) is 14.5. The number of hydrogen-bond acceptors (Lipinski definition) is 3. The standard InChI is InChI=1S/C14H18BrN3O2/c1-2-13(19)17-11-5-7-18(8-6-11)14(20)10-3-4-12(15)16-9-10/h3-4,9,11H,2,5-8H2,1H3,(H,17,19). The Balaban J connectivity index is 1.88. The lowest BCUT2D eigenvalue weighted by Crippen LogP contribution is -2.46. The van der Waals surface area contributed by atoms with Crippen molar-refractivity contribution in [3.8, 4) is 0 Å². The maximum Gasteiger partial charge on any atom is 0.255 e. The molecule has 0 radical (unpaired) electrons. The van der Waals surface area contributed by atoms with Crippen LogP contribution in [0, 0.1) is 0 Å². The predicted octanol–water partition coefficient (Wildman–Crippen LogP) is 1.97. The highest BCUT2D eigenvalue weighted by atomic mass is 79.9. The van der Waals surface area contributed by atoms with Crippen molar-refractivity contribution < 1.29 is 9.59 Å². The van der Waals surface area contributed by atoms with Gasteiger partial charge in [0.05, 0.1) is 5.56 Å². The molecule has 2 rings (SSSR count). The summed E-state index contributed by atoms with van der Waals surface area (Å²) < 4.78 is 0.718. The van der Waals surface area contributed by atoms with Crippen molar-refractivity contribution in [2.75, 3.05) is 13.1 Å². The minimum absolute atomic E-state index is 0.00488. The Labute approximate surface area is 126 Å². The second kappa shape index (κ2) is 6.83. The summed E-state index contributed by atoms with van der Waals surface area (Å²) in [6, 6.07) is 3.72. The van der Waals surface area contributed by atoms with E-state index in [2.05, 4.69) is 26.2 Å². The molecule has 0 saturated carbocycles. The lowest BCUT2D eigenvalue weighted by Gasteiger charge is -2.32. The summed E-state index contributed by atoms with van der Waals surface area (Å²) in [5.41, 5.74) is 0.601. The number of piperidine rings is 1. The van der Waals surface area contributed by atoms with Crippen LogP contribution >= 0.6 is 15.9 Å². The predicted molar refractivity (Wildman–Crippen MR) is 79.3 cm³/mol. The van der Waals surface area contributed by atoms with E-state index in [4.69, 9.17) is 0 Å². The van der Waals surface area contributed by atoms with Crippen LogP contribution < -0.4 is 5.32 Å². The number of amides is 2. The van der Waals surface area contributed by atoms with Gasteiger partial charge in [0.15, 0.2) is 0 Å². The summed E-state index contributed by atoms with van der Waals surface area (Å²) in [5.74, 6) is 0.0807. The largest absolute Gasteiger partial charge is 0.353 e. The van der Waals surface area contributed by atoms with E-state index in [0.29, 0.717) is 25.1 Å². The smallest absolute Gasteiger partial charge is 0.255 e. The molecule has 108 valence electrons. The first-order valence-corrected chi connectivity index (χ1v) is 7.59. The highest BCUT2D eigenvalue weighted by Gasteiger charge is 2.24. The van der Waals surface area contributed by atoms with Crippen LogP contribution in [-0.2, 0) is 4.79 Å². The fraction of sp³-hybridized carbons (Fsp3) is 0.500. The Morgan fingerprint density at radius 3 is 2.65 bits per heavy atom. The van der Waals surface area contributed by atoms with Gasteiger partial charge in [0.25, 0.3) is 5.91 Å². The first-order chi connectivity index (χ1) is 9.60. The molecule has 20 heavy (non-hydrogen) atoms. The molecular weight excluding hydrogens is 322 g/mol. The average Bonchev–Trinajstić information content (AvgIpc) is 2.48. The quantitative estimate of drug-likeness (QED) is 0.856. The van der Waals surface area contributed by atoms with Crippen LogP contribution in [0.3, 0.4) is 0 Å². The van der Waals surface area contributed by atoms with Crippen molar-refractivity contribution in [1.29, 1.82) is 0 Å². The molecular formula is C14H18BrN3O2. The topological polar surface area (TPSA) is 62.3 Å². The Bertz CT molecular complexity index is 482. The van der Waals surface area contributed by atoms with Gasteiger partial charge >= 0.3 is 0 Å². The van der Waals surface area contributed by atoms with Crippen molar-refractivity contribution in [3.05, 3.63) is 28.5 Å². The molecule has 0 atom stereocenters. The van der Waals surface area contributed by atoms with Gasteiger partial charge in [-0.25, -0.2) is 4.98 Å². The van der Waals surface area contributed by atoms with Gasteiger partial charge in [-0.05, 0) is 40.9 Å². The summed E-state index contributed by atoms with van der Waals surface area (Å²) in [6.45, 7) is 3.18. The molecule has 5 nitrogen and oxygen atoms in total. The maximum atomic E-state index is 12.3. The number of carbonyl (C=O) groups excluding carboxylic acids is 2. The number of hydrogen-bond donors (Lipinski definition) is 1. The van der Waals surface area contributed by atoms with Crippen molar-refractivity contribution >= 4 is 27.7 Å². The number of likely N-dealkylation sites (tertiary alicyclic amines) is 1. The summed E-state index contributed by atoms with van der Waals surface area (Å²) in [6.07, 6.45) is 3.70. The summed E-state index contributed by atoms with van der Waals surface area (Å²) >= 11 is 3.25. The summed E-state index contributed by atoms with van der Waals surface area (Å²) in [5, 5.41) is 2.98. The lowest BCUT2D eigenvalue weighted by atomic mass is 10.0. The van der Waals surface area contributed by atoms with Crippen LogP contribution in [0.5, 0.6) is 0 Å². The molecule has 6 heteroatoms. The molecule has 0 aliphatic carbocycles. The van der Waals surface area contributed by atoms with Gasteiger partial charge in [0, 0.05) is 31.7 Å². The molecule has 0 bridgehead atoms. The number of rotatable bonds is 3. The van der Waals surface area contributed by atoms with Gasteiger partial charge in [-0.15, -0.1) is 0 Å². The fourth-order valence-corrected chi connectivity index (χ4v) is 2.48. The van der Waals surface area contributed by atoms with Gasteiger partial charge in [-0.2, -0.15) is 0 Å². The van der Waals surface area contributed by atoms with Gasteiger partial charge < -0.3 is 10.2 Å². The molecule has 1 aliphatic rings. The van der Waals surface area contributed by atoms with E-state index >= 15 is 0 Å². The highest BCUT2D eigenvalue weighted by Crippen LogP contribution is 2.15. The van der Waals surface area contributed by atoms with E-state index in [-0.39, 0.29) is 17.9 Å². The molecule has 2 heterocycles. The number of nitrogens with one attached hydrogen (secondary N) is 1. The first kappa shape index (κ1) is 15.0. The highest BCUT2D eigenvalue weighted by molar-refractivity contribution is 9.10. The molecule has 1 aromatic heterocycles. The monoisotopic (exact) mass is 339 g/mol. The Morgan fingerprint density at radius 2 is 2.10 bits per heavy atom. The van der Waals surface area contributed by atoms with Crippen LogP contribution in [0.15, 0.2) is 22.9 Å². The van der Waals surface area contributed by atoms with E-state index in [1.54, 1.807) is 18.3 Å². The second-order valence-corrected chi connectivity index (χ2v) is 5.67. The molecule has 1 fully saturated rings. The molecule has 0 unspecified atom stereocenters. The average molecular weight is 340 g/mol. The molecule has 0 aromatic carbocycles. The number of carbonyl (C=O) groups is 2.